The van der Waals surface area contributed by atoms with Crippen LogP contribution in [-0.4, -0.2) is 33.8 Å². The molecule has 0 radical (unpaired) electrons. The second-order valence-electron chi connectivity index (χ2n) is 6.22. The van der Waals surface area contributed by atoms with E-state index in [1.165, 1.54) is 6.07 Å². The molecule has 0 spiro atoms. The molecule has 2 aromatic rings. The molecule has 0 fully saturated rings. The van der Waals surface area contributed by atoms with Crippen molar-refractivity contribution < 1.29 is 23.8 Å². The molecule has 1 aromatic heterocycles. The Labute approximate surface area is 132 Å². The van der Waals surface area contributed by atoms with Gasteiger partial charge in [0.05, 0.1) is 0 Å². The van der Waals surface area contributed by atoms with Gasteiger partial charge in [0.2, 0.25) is 0 Å². The van der Waals surface area contributed by atoms with Gasteiger partial charge in [-0.25, -0.2) is 14.0 Å². The van der Waals surface area contributed by atoms with E-state index in [4.69, 9.17) is 4.74 Å². The summed E-state index contributed by atoms with van der Waals surface area (Å²) in [5.74, 6) is -1.67. The molecule has 124 valence electrons. The number of rotatable bonds is 4. The van der Waals surface area contributed by atoms with Crippen LogP contribution >= 0.6 is 0 Å². The van der Waals surface area contributed by atoms with Crippen molar-refractivity contribution in [1.82, 2.24) is 10.3 Å². The van der Waals surface area contributed by atoms with Crippen LogP contribution in [0.1, 0.15) is 26.3 Å². The summed E-state index contributed by atoms with van der Waals surface area (Å²) >= 11 is 0. The number of nitrogens with one attached hydrogen (secondary N) is 2. The van der Waals surface area contributed by atoms with Crippen LogP contribution in [0, 0.1) is 5.82 Å². The van der Waals surface area contributed by atoms with Gasteiger partial charge in [-0.05, 0) is 38.5 Å². The molecule has 0 saturated carbocycles. The number of aromatic nitrogens is 1. The van der Waals surface area contributed by atoms with E-state index in [1.807, 2.05) is 0 Å². The first-order valence-corrected chi connectivity index (χ1v) is 7.14. The van der Waals surface area contributed by atoms with Gasteiger partial charge >= 0.3 is 12.1 Å². The number of fused-ring (bicyclic) bond motifs is 1. The molecule has 0 bridgehead atoms. The summed E-state index contributed by atoms with van der Waals surface area (Å²) in [5.41, 5.74) is 0.308. The van der Waals surface area contributed by atoms with E-state index in [9.17, 15) is 19.1 Å². The molecular formula is C16H19FN2O4. The Balaban J connectivity index is 2.19. The summed E-state index contributed by atoms with van der Waals surface area (Å²) in [7, 11) is 0. The maximum absolute atomic E-state index is 13.9. The average molecular weight is 322 g/mol. The molecule has 0 unspecified atom stereocenters. The predicted octanol–water partition coefficient (Wildman–Crippen LogP) is 2.83. The number of alkyl carbamates (subject to hydrolysis) is 1. The molecule has 7 heteroatoms. The summed E-state index contributed by atoms with van der Waals surface area (Å²) < 4.78 is 19.0. The van der Waals surface area contributed by atoms with Gasteiger partial charge in [-0.2, -0.15) is 0 Å². The molecule has 2 rings (SSSR count). The van der Waals surface area contributed by atoms with Gasteiger partial charge < -0.3 is 20.1 Å². The van der Waals surface area contributed by atoms with Crippen molar-refractivity contribution in [3.63, 3.8) is 0 Å². The van der Waals surface area contributed by atoms with Crippen molar-refractivity contribution in [1.29, 1.82) is 0 Å². The largest absolute Gasteiger partial charge is 0.480 e. The molecule has 23 heavy (non-hydrogen) atoms. The van der Waals surface area contributed by atoms with Gasteiger partial charge in [-0.15, -0.1) is 0 Å². The van der Waals surface area contributed by atoms with Crippen LogP contribution in [0.5, 0.6) is 0 Å². The first-order chi connectivity index (χ1) is 10.7. The van der Waals surface area contributed by atoms with E-state index < -0.39 is 29.5 Å². The van der Waals surface area contributed by atoms with Crippen LogP contribution < -0.4 is 5.32 Å². The lowest BCUT2D eigenvalue weighted by Crippen LogP contribution is -2.44. The van der Waals surface area contributed by atoms with Crippen molar-refractivity contribution >= 4 is 23.0 Å². The highest BCUT2D eigenvalue weighted by Crippen LogP contribution is 2.22. The fourth-order valence-corrected chi connectivity index (χ4v) is 2.24. The first kappa shape index (κ1) is 16.8. The number of aliphatic carboxylic acids is 1. The molecule has 0 aliphatic rings. The molecule has 1 atom stereocenters. The zero-order chi connectivity index (χ0) is 17.2. The second kappa shape index (κ2) is 6.28. The number of hydrogen-bond donors (Lipinski definition) is 3. The van der Waals surface area contributed by atoms with Gasteiger partial charge in [-0.3, -0.25) is 0 Å². The van der Waals surface area contributed by atoms with Crippen molar-refractivity contribution in [2.24, 2.45) is 0 Å². The minimum atomic E-state index is -1.22. The molecule has 1 heterocycles. The van der Waals surface area contributed by atoms with Crippen LogP contribution in [0.4, 0.5) is 9.18 Å². The monoisotopic (exact) mass is 322 g/mol. The minimum Gasteiger partial charge on any atom is -0.480 e. The molecule has 0 aliphatic heterocycles. The number of halogens is 1. The lowest BCUT2D eigenvalue weighted by molar-refractivity contribution is -0.139. The van der Waals surface area contributed by atoms with Gasteiger partial charge in [0.25, 0.3) is 0 Å². The summed E-state index contributed by atoms with van der Waals surface area (Å²) in [6, 6.07) is 3.34. The summed E-state index contributed by atoms with van der Waals surface area (Å²) in [4.78, 5) is 26.0. The molecule has 1 aromatic carbocycles. The third-order valence-corrected chi connectivity index (χ3v) is 3.15. The lowest BCUT2D eigenvalue weighted by atomic mass is 10.0. The normalized spacial score (nSPS) is 12.9. The molecule has 3 N–H and O–H groups in total. The number of aromatic amines is 1. The van der Waals surface area contributed by atoms with Crippen LogP contribution in [0.2, 0.25) is 0 Å². The van der Waals surface area contributed by atoms with Crippen molar-refractivity contribution in [3.8, 4) is 0 Å². The van der Waals surface area contributed by atoms with Gasteiger partial charge in [-0.1, -0.05) is 6.07 Å². The Morgan fingerprint density at radius 1 is 1.39 bits per heavy atom. The quantitative estimate of drug-likeness (QED) is 0.807. The number of benzene rings is 1. The second-order valence-corrected chi connectivity index (χ2v) is 6.22. The number of H-pyrrole nitrogens is 1. The maximum atomic E-state index is 13.9. The number of carbonyl (C=O) groups excluding carboxylic acids is 1. The average Bonchev–Trinajstić information content (AvgIpc) is 2.80. The Hall–Kier alpha value is -2.57. The van der Waals surface area contributed by atoms with E-state index in [1.54, 1.807) is 39.1 Å². The number of carbonyl (C=O) groups is 2. The first-order valence-electron chi connectivity index (χ1n) is 7.14. The van der Waals surface area contributed by atoms with Crippen LogP contribution in [-0.2, 0) is 16.0 Å². The predicted molar refractivity (Wildman–Crippen MR) is 82.8 cm³/mol. The molecular weight excluding hydrogens is 303 g/mol. The van der Waals surface area contributed by atoms with Gasteiger partial charge in [0.1, 0.15) is 17.5 Å². The number of ether oxygens (including phenoxy) is 1. The molecule has 0 saturated heterocycles. The summed E-state index contributed by atoms with van der Waals surface area (Å²) in [6.07, 6.45) is 0.654. The smallest absolute Gasteiger partial charge is 0.408 e. The number of hydrogen-bond acceptors (Lipinski definition) is 3. The third-order valence-electron chi connectivity index (χ3n) is 3.15. The molecule has 6 nitrogen and oxygen atoms in total. The third kappa shape index (κ3) is 4.21. The fraction of sp³-hybridized carbons (Fsp3) is 0.375. The highest BCUT2D eigenvalue weighted by Gasteiger charge is 2.25. The Morgan fingerprint density at radius 2 is 2.09 bits per heavy atom. The highest BCUT2D eigenvalue weighted by molar-refractivity contribution is 5.86. The summed E-state index contributed by atoms with van der Waals surface area (Å²) in [5, 5.41) is 11.9. The SMILES string of the molecule is CC(C)(C)OC(=O)N[C@H](Cc1c[nH]c2cccc(F)c12)C(=O)O. The molecule has 1 amide bonds. The fourth-order valence-electron chi connectivity index (χ4n) is 2.24. The highest BCUT2D eigenvalue weighted by atomic mass is 19.1. The number of carboxylic acids is 1. The van der Waals surface area contributed by atoms with E-state index in [-0.39, 0.29) is 6.42 Å². The van der Waals surface area contributed by atoms with Crippen molar-refractivity contribution in [2.75, 3.05) is 0 Å². The van der Waals surface area contributed by atoms with Gasteiger partial charge in [0.15, 0.2) is 0 Å². The van der Waals surface area contributed by atoms with E-state index in [0.717, 1.165) is 0 Å². The van der Waals surface area contributed by atoms with Crippen LogP contribution in [0.25, 0.3) is 10.9 Å². The maximum Gasteiger partial charge on any atom is 0.408 e. The standard InChI is InChI=1S/C16H19FN2O4/c1-16(2,3)23-15(22)19-12(14(20)21)7-9-8-18-11-6-4-5-10(17)13(9)11/h4-6,8,12,18H,7H2,1-3H3,(H,19,22)(H,20,21)/t12-/m1/s1. The van der Waals surface area contributed by atoms with Crippen molar-refractivity contribution in [3.05, 3.63) is 35.8 Å². The van der Waals surface area contributed by atoms with Crippen LogP contribution in [0.15, 0.2) is 24.4 Å². The lowest BCUT2D eigenvalue weighted by Gasteiger charge is -2.22. The minimum absolute atomic E-state index is 0.0600. The number of carboxylic acid groups (broad SMARTS) is 1. The Kier molecular flexibility index (Phi) is 4.58. The Bertz CT molecular complexity index is 733. The topological polar surface area (TPSA) is 91.4 Å². The van der Waals surface area contributed by atoms with E-state index in [2.05, 4.69) is 10.3 Å². The van der Waals surface area contributed by atoms with Crippen molar-refractivity contribution in [2.45, 2.75) is 38.8 Å². The Morgan fingerprint density at radius 3 is 2.70 bits per heavy atom. The van der Waals surface area contributed by atoms with Crippen LogP contribution in [0.3, 0.4) is 0 Å². The number of amides is 1. The zero-order valence-corrected chi connectivity index (χ0v) is 13.1. The summed E-state index contributed by atoms with van der Waals surface area (Å²) in [6.45, 7) is 5.03. The van der Waals surface area contributed by atoms with Gasteiger partial charge in [0, 0.05) is 23.5 Å². The zero-order valence-electron chi connectivity index (χ0n) is 13.1. The van der Waals surface area contributed by atoms with E-state index in [0.29, 0.717) is 16.5 Å². The molecule has 0 aliphatic carbocycles. The van der Waals surface area contributed by atoms with E-state index >= 15 is 0 Å².